The monoisotopic (exact) mass is 321 g/mol. The lowest BCUT2D eigenvalue weighted by Crippen LogP contribution is -2.28. The Labute approximate surface area is 141 Å². The second kappa shape index (κ2) is 7.01. The SMILES string of the molecule is C=CCOc1nc(N)nc(N2CCc3ccccc3CC2)c1C#N. The molecule has 1 aliphatic heterocycles. The van der Waals surface area contributed by atoms with Crippen molar-refractivity contribution >= 4 is 11.8 Å². The Hall–Kier alpha value is -3.07. The van der Waals surface area contributed by atoms with Gasteiger partial charge in [-0.1, -0.05) is 36.9 Å². The average Bonchev–Trinajstić information content (AvgIpc) is 2.82. The van der Waals surface area contributed by atoms with Crippen LogP contribution in [0.15, 0.2) is 36.9 Å². The van der Waals surface area contributed by atoms with Gasteiger partial charge in [0.25, 0.3) is 0 Å². The number of hydrogen-bond acceptors (Lipinski definition) is 6. The molecule has 2 heterocycles. The molecule has 0 saturated heterocycles. The van der Waals surface area contributed by atoms with Gasteiger partial charge in [0.1, 0.15) is 12.7 Å². The Morgan fingerprint density at radius 2 is 1.92 bits per heavy atom. The predicted molar refractivity (Wildman–Crippen MR) is 92.9 cm³/mol. The van der Waals surface area contributed by atoms with Crippen molar-refractivity contribution in [3.05, 3.63) is 53.6 Å². The average molecular weight is 321 g/mol. The molecular formula is C18H19N5O. The van der Waals surface area contributed by atoms with Crippen molar-refractivity contribution in [2.24, 2.45) is 0 Å². The number of nitriles is 1. The number of anilines is 2. The fourth-order valence-corrected chi connectivity index (χ4v) is 2.89. The Morgan fingerprint density at radius 3 is 2.50 bits per heavy atom. The number of nitrogens with zero attached hydrogens (tertiary/aromatic N) is 4. The lowest BCUT2D eigenvalue weighted by atomic mass is 10.0. The first kappa shape index (κ1) is 15.8. The Bertz CT molecular complexity index is 769. The van der Waals surface area contributed by atoms with Crippen LogP contribution in [-0.2, 0) is 12.8 Å². The quantitative estimate of drug-likeness (QED) is 0.868. The topological polar surface area (TPSA) is 88.1 Å². The molecule has 0 bridgehead atoms. The van der Waals surface area contributed by atoms with Gasteiger partial charge in [-0.05, 0) is 24.0 Å². The molecule has 1 aromatic heterocycles. The maximum Gasteiger partial charge on any atom is 0.239 e. The number of aromatic nitrogens is 2. The Balaban J connectivity index is 1.93. The van der Waals surface area contributed by atoms with Crippen LogP contribution in [0.25, 0.3) is 0 Å². The molecule has 0 radical (unpaired) electrons. The summed E-state index contributed by atoms with van der Waals surface area (Å²) in [5.41, 5.74) is 8.81. The van der Waals surface area contributed by atoms with E-state index in [0.29, 0.717) is 11.4 Å². The largest absolute Gasteiger partial charge is 0.472 e. The van der Waals surface area contributed by atoms with E-state index in [4.69, 9.17) is 10.5 Å². The molecule has 1 aliphatic rings. The maximum atomic E-state index is 9.56. The third kappa shape index (κ3) is 3.15. The number of hydrogen-bond donors (Lipinski definition) is 1. The number of nitrogens with two attached hydrogens (primary N) is 1. The minimum atomic E-state index is 0.102. The van der Waals surface area contributed by atoms with Gasteiger partial charge in [-0.3, -0.25) is 0 Å². The molecule has 0 spiro atoms. The van der Waals surface area contributed by atoms with E-state index < -0.39 is 0 Å². The maximum absolute atomic E-state index is 9.56. The molecule has 0 atom stereocenters. The van der Waals surface area contributed by atoms with Gasteiger partial charge in [-0.25, -0.2) is 0 Å². The summed E-state index contributed by atoms with van der Waals surface area (Å²) in [5.74, 6) is 0.850. The van der Waals surface area contributed by atoms with Crippen LogP contribution >= 0.6 is 0 Å². The zero-order valence-corrected chi connectivity index (χ0v) is 13.4. The highest BCUT2D eigenvalue weighted by molar-refractivity contribution is 5.61. The van der Waals surface area contributed by atoms with Crippen LogP contribution < -0.4 is 15.4 Å². The second-order valence-electron chi connectivity index (χ2n) is 5.55. The molecule has 6 nitrogen and oxygen atoms in total. The van der Waals surface area contributed by atoms with Gasteiger partial charge >= 0.3 is 0 Å². The van der Waals surface area contributed by atoms with Gasteiger partial charge in [0.05, 0.1) is 0 Å². The summed E-state index contributed by atoms with van der Waals surface area (Å²) >= 11 is 0. The van der Waals surface area contributed by atoms with E-state index in [0.717, 1.165) is 25.9 Å². The van der Waals surface area contributed by atoms with Crippen molar-refractivity contribution in [3.63, 3.8) is 0 Å². The first-order valence-electron chi connectivity index (χ1n) is 7.86. The number of rotatable bonds is 4. The fourth-order valence-electron chi connectivity index (χ4n) is 2.89. The molecule has 2 N–H and O–H groups in total. The van der Waals surface area contributed by atoms with Gasteiger partial charge in [0.15, 0.2) is 11.4 Å². The van der Waals surface area contributed by atoms with Gasteiger partial charge in [0, 0.05) is 13.1 Å². The molecule has 0 aliphatic carbocycles. The first-order chi connectivity index (χ1) is 11.7. The number of fused-ring (bicyclic) bond motifs is 1. The van der Waals surface area contributed by atoms with Crippen molar-refractivity contribution in [3.8, 4) is 11.9 Å². The molecule has 3 rings (SSSR count). The van der Waals surface area contributed by atoms with Crippen LogP contribution in [0, 0.1) is 11.3 Å². The van der Waals surface area contributed by atoms with Gasteiger partial charge in [-0.15, -0.1) is 0 Å². The molecule has 0 fully saturated rings. The molecule has 1 aromatic carbocycles. The number of nitrogen functional groups attached to an aromatic ring is 1. The normalized spacial score (nSPS) is 13.5. The number of benzene rings is 1. The Kier molecular flexibility index (Phi) is 4.62. The highest BCUT2D eigenvalue weighted by Crippen LogP contribution is 2.28. The minimum absolute atomic E-state index is 0.102. The highest BCUT2D eigenvalue weighted by atomic mass is 16.5. The van der Waals surface area contributed by atoms with Crippen LogP contribution in [-0.4, -0.2) is 29.7 Å². The van der Waals surface area contributed by atoms with Crippen LogP contribution in [0.4, 0.5) is 11.8 Å². The Morgan fingerprint density at radius 1 is 1.25 bits per heavy atom. The van der Waals surface area contributed by atoms with Crippen molar-refractivity contribution in [2.45, 2.75) is 12.8 Å². The number of ether oxygens (including phenoxy) is 1. The molecule has 0 saturated carbocycles. The lowest BCUT2D eigenvalue weighted by molar-refractivity contribution is 0.347. The summed E-state index contributed by atoms with van der Waals surface area (Å²) < 4.78 is 5.48. The van der Waals surface area contributed by atoms with Crippen LogP contribution in [0.5, 0.6) is 5.88 Å². The van der Waals surface area contributed by atoms with Crippen LogP contribution in [0.1, 0.15) is 16.7 Å². The van der Waals surface area contributed by atoms with Crippen molar-refractivity contribution in [1.82, 2.24) is 9.97 Å². The van der Waals surface area contributed by atoms with E-state index in [2.05, 4.69) is 51.8 Å². The summed E-state index contributed by atoms with van der Waals surface area (Å²) in [6.07, 6.45) is 3.39. The minimum Gasteiger partial charge on any atom is -0.472 e. The van der Waals surface area contributed by atoms with Crippen LogP contribution in [0.2, 0.25) is 0 Å². The predicted octanol–water partition coefficient (Wildman–Crippen LogP) is 2.10. The van der Waals surface area contributed by atoms with Crippen LogP contribution in [0.3, 0.4) is 0 Å². The van der Waals surface area contributed by atoms with E-state index in [-0.39, 0.29) is 18.4 Å². The summed E-state index contributed by atoms with van der Waals surface area (Å²) in [5, 5.41) is 9.56. The van der Waals surface area contributed by atoms with Gasteiger partial charge < -0.3 is 15.4 Å². The van der Waals surface area contributed by atoms with Crippen molar-refractivity contribution < 1.29 is 4.74 Å². The molecule has 0 amide bonds. The zero-order valence-electron chi connectivity index (χ0n) is 13.4. The molecule has 24 heavy (non-hydrogen) atoms. The lowest BCUT2D eigenvalue weighted by Gasteiger charge is -2.23. The third-order valence-electron chi connectivity index (χ3n) is 4.04. The summed E-state index contributed by atoms with van der Waals surface area (Å²) in [6.45, 7) is 5.40. The van der Waals surface area contributed by atoms with Gasteiger partial charge in [0.2, 0.25) is 11.8 Å². The molecular weight excluding hydrogens is 302 g/mol. The summed E-state index contributed by atoms with van der Waals surface area (Å²) in [7, 11) is 0. The fraction of sp³-hybridized carbons (Fsp3) is 0.278. The van der Waals surface area contributed by atoms with E-state index in [1.54, 1.807) is 6.08 Å². The second-order valence-corrected chi connectivity index (χ2v) is 5.55. The molecule has 6 heteroatoms. The van der Waals surface area contributed by atoms with E-state index in [1.807, 2.05) is 0 Å². The molecule has 2 aromatic rings. The first-order valence-corrected chi connectivity index (χ1v) is 7.86. The molecule has 0 unspecified atom stereocenters. The van der Waals surface area contributed by atoms with Crippen molar-refractivity contribution in [1.29, 1.82) is 5.26 Å². The van der Waals surface area contributed by atoms with Crippen molar-refractivity contribution in [2.75, 3.05) is 30.3 Å². The standard InChI is InChI=1S/C18H19N5O/c1-2-11-24-17-15(12-19)16(21-18(20)22-17)23-9-7-13-5-3-4-6-14(13)8-10-23/h2-6H,1,7-11H2,(H2,20,21,22). The van der Waals surface area contributed by atoms with E-state index in [9.17, 15) is 5.26 Å². The van der Waals surface area contributed by atoms with E-state index >= 15 is 0 Å². The smallest absolute Gasteiger partial charge is 0.239 e. The third-order valence-corrected chi connectivity index (χ3v) is 4.04. The summed E-state index contributed by atoms with van der Waals surface area (Å²) in [4.78, 5) is 10.4. The summed E-state index contributed by atoms with van der Waals surface area (Å²) in [6, 6.07) is 10.6. The zero-order chi connectivity index (χ0) is 16.9. The van der Waals surface area contributed by atoms with Gasteiger partial charge in [-0.2, -0.15) is 15.2 Å². The molecule has 122 valence electrons. The highest BCUT2D eigenvalue weighted by Gasteiger charge is 2.22. The van der Waals surface area contributed by atoms with E-state index in [1.165, 1.54) is 11.1 Å².